The van der Waals surface area contributed by atoms with Gasteiger partial charge in [0.1, 0.15) is 0 Å². The number of para-hydroxylation sites is 1. The van der Waals surface area contributed by atoms with Gasteiger partial charge in [0.25, 0.3) is 0 Å². The Labute approximate surface area is 263 Å². The van der Waals surface area contributed by atoms with Gasteiger partial charge in [-0.3, -0.25) is 0 Å². The van der Waals surface area contributed by atoms with Crippen molar-refractivity contribution in [1.82, 2.24) is 0 Å². The highest BCUT2D eigenvalue weighted by Gasteiger charge is 2.13. The molecule has 246 valence electrons. The first-order valence-corrected chi connectivity index (χ1v) is 18.8. The minimum Gasteiger partial charge on any atom is -0.490 e. The van der Waals surface area contributed by atoms with E-state index in [1.165, 1.54) is 154 Å². The first-order valence-electron chi connectivity index (χ1n) is 18.8. The minimum absolute atomic E-state index is 0.739. The second kappa shape index (κ2) is 31.1. The van der Waals surface area contributed by atoms with Gasteiger partial charge in [-0.25, -0.2) is 0 Å². The van der Waals surface area contributed by atoms with Crippen LogP contribution < -0.4 is 14.2 Å². The summed E-state index contributed by atoms with van der Waals surface area (Å²) in [5.74, 6) is 2.54. The molecule has 0 atom stereocenters. The largest absolute Gasteiger partial charge is 0.490 e. The summed E-state index contributed by atoms with van der Waals surface area (Å²) in [5.41, 5.74) is 0. The normalized spacial score (nSPS) is 11.2. The van der Waals surface area contributed by atoms with Crippen LogP contribution in [0.4, 0.5) is 0 Å². The lowest BCUT2D eigenvalue weighted by molar-refractivity contribution is 0.234. The molecule has 0 unspecified atom stereocenters. The van der Waals surface area contributed by atoms with Gasteiger partial charge in [-0.1, -0.05) is 181 Å². The molecule has 3 heteroatoms. The van der Waals surface area contributed by atoms with Gasteiger partial charge in [0.15, 0.2) is 11.5 Å². The molecule has 0 aliphatic carbocycles. The fraction of sp³-hybridized carbons (Fsp3) is 0.846. The van der Waals surface area contributed by atoms with Crippen LogP contribution in [0.3, 0.4) is 0 Å². The van der Waals surface area contributed by atoms with Crippen LogP contribution >= 0.6 is 0 Å². The quantitative estimate of drug-likeness (QED) is 0.0764. The summed E-state index contributed by atoms with van der Waals surface area (Å²) in [6, 6.07) is 6.18. The number of benzene rings is 1. The van der Waals surface area contributed by atoms with Crippen molar-refractivity contribution in [3.8, 4) is 17.2 Å². The number of ether oxygens (including phenoxy) is 3. The van der Waals surface area contributed by atoms with Crippen LogP contribution in [0.25, 0.3) is 0 Å². The molecule has 0 aromatic heterocycles. The topological polar surface area (TPSA) is 27.7 Å². The molecule has 1 aromatic rings. The zero-order chi connectivity index (χ0) is 30.2. The maximum atomic E-state index is 6.36. The fourth-order valence-corrected chi connectivity index (χ4v) is 5.64. The van der Waals surface area contributed by atoms with Crippen molar-refractivity contribution in [3.63, 3.8) is 0 Å². The van der Waals surface area contributed by atoms with Gasteiger partial charge in [0, 0.05) is 0 Å². The van der Waals surface area contributed by atoms with E-state index < -0.39 is 0 Å². The Morgan fingerprint density at radius 1 is 0.333 bits per heavy atom. The maximum Gasteiger partial charge on any atom is 0.203 e. The molecular weight excluding hydrogens is 516 g/mol. The van der Waals surface area contributed by atoms with Crippen molar-refractivity contribution in [2.24, 2.45) is 0 Å². The predicted molar refractivity (Wildman–Crippen MR) is 185 cm³/mol. The first kappa shape index (κ1) is 38.6. The predicted octanol–water partition coefficient (Wildman–Crippen LogP) is 13.4. The molecule has 0 fully saturated rings. The van der Waals surface area contributed by atoms with Gasteiger partial charge in [-0.15, -0.1) is 0 Å². The lowest BCUT2D eigenvalue weighted by Crippen LogP contribution is -2.06. The average Bonchev–Trinajstić information content (AvgIpc) is 3.00. The molecule has 42 heavy (non-hydrogen) atoms. The van der Waals surface area contributed by atoms with E-state index in [0.29, 0.717) is 0 Å². The Kier molecular flexibility index (Phi) is 28.6. The van der Waals surface area contributed by atoms with Gasteiger partial charge < -0.3 is 14.2 Å². The molecule has 1 aromatic carbocycles. The number of rotatable bonds is 33. The van der Waals surface area contributed by atoms with Crippen LogP contribution in [0, 0.1) is 0 Å². The van der Waals surface area contributed by atoms with E-state index in [0.717, 1.165) is 56.3 Å². The van der Waals surface area contributed by atoms with Crippen molar-refractivity contribution in [2.45, 2.75) is 194 Å². The maximum absolute atomic E-state index is 6.36. The van der Waals surface area contributed by atoms with E-state index in [4.69, 9.17) is 14.2 Å². The zero-order valence-corrected chi connectivity index (χ0v) is 28.7. The van der Waals surface area contributed by atoms with Crippen molar-refractivity contribution in [3.05, 3.63) is 18.2 Å². The third kappa shape index (κ3) is 23.1. The Morgan fingerprint density at radius 2 is 0.595 bits per heavy atom. The molecule has 0 spiro atoms. The Bertz CT molecular complexity index is 631. The molecule has 3 nitrogen and oxygen atoms in total. The van der Waals surface area contributed by atoms with Crippen LogP contribution in [0.1, 0.15) is 194 Å². The first-order chi connectivity index (χ1) is 20.8. The molecular formula is C39H72O3. The van der Waals surface area contributed by atoms with Crippen LogP contribution in [0.5, 0.6) is 17.2 Å². The molecule has 0 aliphatic heterocycles. The Hall–Kier alpha value is -1.38. The molecule has 0 amide bonds. The fourth-order valence-electron chi connectivity index (χ4n) is 5.64. The number of unbranched alkanes of at least 4 members (excludes halogenated alkanes) is 24. The van der Waals surface area contributed by atoms with Crippen molar-refractivity contribution in [1.29, 1.82) is 0 Å². The van der Waals surface area contributed by atoms with Crippen molar-refractivity contribution in [2.75, 3.05) is 19.8 Å². The zero-order valence-electron chi connectivity index (χ0n) is 28.7. The monoisotopic (exact) mass is 589 g/mol. The van der Waals surface area contributed by atoms with Crippen LogP contribution in [-0.2, 0) is 0 Å². The van der Waals surface area contributed by atoms with E-state index in [-0.39, 0.29) is 0 Å². The Morgan fingerprint density at radius 3 is 0.905 bits per heavy atom. The highest BCUT2D eigenvalue weighted by Crippen LogP contribution is 2.38. The molecule has 0 heterocycles. The van der Waals surface area contributed by atoms with E-state index >= 15 is 0 Å². The van der Waals surface area contributed by atoms with Crippen LogP contribution in [-0.4, -0.2) is 19.8 Å². The SMILES string of the molecule is CCCCCCCCCCCOc1cccc(OCCCCCCCCCCC)c1OCCCCCCCCCCC. The van der Waals surface area contributed by atoms with Crippen LogP contribution in [0.2, 0.25) is 0 Å². The molecule has 0 radical (unpaired) electrons. The third-order valence-corrected chi connectivity index (χ3v) is 8.45. The molecule has 0 N–H and O–H groups in total. The summed E-state index contributed by atoms with van der Waals surface area (Å²) >= 11 is 0. The second-order valence-corrected chi connectivity index (χ2v) is 12.6. The average molecular weight is 589 g/mol. The number of hydrogen-bond acceptors (Lipinski definition) is 3. The van der Waals surface area contributed by atoms with Gasteiger partial charge in [0.2, 0.25) is 5.75 Å². The second-order valence-electron chi connectivity index (χ2n) is 12.6. The standard InChI is InChI=1S/C39H72O3/c1-4-7-10-13-16-19-22-25-28-34-40-37-32-31-33-38(41-35-29-26-23-20-17-14-11-8-5-2)39(37)42-36-30-27-24-21-18-15-12-9-6-3/h31-33H,4-30,34-36H2,1-3H3. The highest BCUT2D eigenvalue weighted by molar-refractivity contribution is 5.51. The lowest BCUT2D eigenvalue weighted by atomic mass is 10.1. The summed E-state index contributed by atoms with van der Waals surface area (Å²) < 4.78 is 18.9. The summed E-state index contributed by atoms with van der Waals surface area (Å²) in [6.07, 6.45) is 35.8. The van der Waals surface area contributed by atoms with Gasteiger partial charge in [-0.05, 0) is 31.4 Å². The van der Waals surface area contributed by atoms with Crippen LogP contribution in [0.15, 0.2) is 18.2 Å². The smallest absolute Gasteiger partial charge is 0.203 e. The van der Waals surface area contributed by atoms with Gasteiger partial charge in [-0.2, -0.15) is 0 Å². The molecule has 0 saturated carbocycles. The van der Waals surface area contributed by atoms with E-state index in [9.17, 15) is 0 Å². The van der Waals surface area contributed by atoms with Gasteiger partial charge >= 0.3 is 0 Å². The lowest BCUT2D eigenvalue weighted by Gasteiger charge is -2.17. The Balaban J connectivity index is 2.41. The van der Waals surface area contributed by atoms with E-state index in [1.54, 1.807) is 0 Å². The molecule has 1 rings (SSSR count). The summed E-state index contributed by atoms with van der Waals surface area (Å²) in [6.45, 7) is 9.11. The molecule has 0 bridgehead atoms. The summed E-state index contributed by atoms with van der Waals surface area (Å²) in [7, 11) is 0. The minimum atomic E-state index is 0.739. The summed E-state index contributed by atoms with van der Waals surface area (Å²) in [4.78, 5) is 0. The van der Waals surface area contributed by atoms with E-state index in [1.807, 2.05) is 0 Å². The third-order valence-electron chi connectivity index (χ3n) is 8.45. The van der Waals surface area contributed by atoms with E-state index in [2.05, 4.69) is 39.0 Å². The van der Waals surface area contributed by atoms with Gasteiger partial charge in [0.05, 0.1) is 19.8 Å². The molecule has 0 aliphatic rings. The number of hydrogen-bond donors (Lipinski definition) is 0. The van der Waals surface area contributed by atoms with Crippen molar-refractivity contribution >= 4 is 0 Å². The highest BCUT2D eigenvalue weighted by atomic mass is 16.5. The van der Waals surface area contributed by atoms with Crippen molar-refractivity contribution < 1.29 is 14.2 Å². The summed E-state index contributed by atoms with van der Waals surface area (Å²) in [5, 5.41) is 0. The molecule has 0 saturated heterocycles.